The quantitative estimate of drug-likeness (QED) is 0.552. The van der Waals surface area contributed by atoms with Gasteiger partial charge in [-0.2, -0.15) is 0 Å². The highest BCUT2D eigenvalue weighted by atomic mass is 28.3. The molecule has 0 amide bonds. The van der Waals surface area contributed by atoms with E-state index in [9.17, 15) is 0 Å². The Morgan fingerprint density at radius 3 is 2.00 bits per heavy atom. The summed E-state index contributed by atoms with van der Waals surface area (Å²) in [5.41, 5.74) is 6.43. The maximum absolute atomic E-state index is 4.65. The number of benzene rings is 1. The normalized spacial score (nSPS) is 12.7. The van der Waals surface area contributed by atoms with Crippen molar-refractivity contribution in [2.24, 2.45) is 0 Å². The van der Waals surface area contributed by atoms with Crippen LogP contribution >= 0.6 is 0 Å². The molecule has 0 aliphatic heterocycles. The number of fused-ring (bicyclic) bond motifs is 1. The molecular weight excluding hydrogens is 334 g/mol. The van der Waals surface area contributed by atoms with E-state index in [2.05, 4.69) is 106 Å². The maximum Gasteiger partial charge on any atom is 0.121 e. The van der Waals surface area contributed by atoms with Crippen molar-refractivity contribution < 1.29 is 0 Å². The number of hydrogen-bond donors (Lipinski definition) is 0. The van der Waals surface area contributed by atoms with Crippen molar-refractivity contribution in [2.45, 2.75) is 65.1 Å². The standard InChI is InChI=1S/C22H31N3Si/c1-15(2)26(16(3)4,17(5)6)21-14-10-13-20-22(23-24-25(20)21)19-12-9-8-11-18(19)7/h8-17H,1-7H3. The summed E-state index contributed by atoms with van der Waals surface area (Å²) in [6.07, 6.45) is 0. The van der Waals surface area contributed by atoms with Crippen LogP contribution < -0.4 is 5.32 Å². The smallest absolute Gasteiger partial charge is 0.121 e. The Labute approximate surface area is 158 Å². The Bertz CT molecular complexity index is 887. The minimum Gasteiger partial charge on any atom is -0.221 e. The number of rotatable bonds is 5. The molecule has 2 heterocycles. The Morgan fingerprint density at radius 2 is 1.42 bits per heavy atom. The van der Waals surface area contributed by atoms with Crippen LogP contribution in [0, 0.1) is 6.92 Å². The van der Waals surface area contributed by atoms with Crippen LogP contribution in [0.4, 0.5) is 0 Å². The predicted octanol–water partition coefficient (Wildman–Crippen LogP) is 5.59. The number of nitrogens with zero attached hydrogens (tertiary/aromatic N) is 3. The van der Waals surface area contributed by atoms with E-state index in [1.807, 2.05) is 0 Å². The third kappa shape index (κ3) is 2.71. The summed E-state index contributed by atoms with van der Waals surface area (Å²) >= 11 is 0. The SMILES string of the molecule is Cc1ccccc1-c1nnn2c([Si](C(C)C)(C(C)C)C(C)C)cccc12. The Morgan fingerprint density at radius 1 is 0.808 bits per heavy atom. The van der Waals surface area contributed by atoms with Gasteiger partial charge in [-0.1, -0.05) is 77.1 Å². The summed E-state index contributed by atoms with van der Waals surface area (Å²) < 4.78 is 2.15. The zero-order chi connectivity index (χ0) is 19.1. The Hall–Kier alpha value is -1.94. The minimum atomic E-state index is -1.81. The zero-order valence-electron chi connectivity index (χ0n) is 17.1. The van der Waals surface area contributed by atoms with E-state index in [0.29, 0.717) is 16.6 Å². The number of hydrogen-bond acceptors (Lipinski definition) is 2. The van der Waals surface area contributed by atoms with Crippen LogP contribution in [-0.2, 0) is 0 Å². The lowest BCUT2D eigenvalue weighted by molar-refractivity contribution is 0.807. The summed E-state index contributed by atoms with van der Waals surface area (Å²) in [5.74, 6) is 0. The fraction of sp³-hybridized carbons (Fsp3) is 0.455. The summed E-state index contributed by atoms with van der Waals surface area (Å²) in [7, 11) is -1.81. The highest BCUT2D eigenvalue weighted by molar-refractivity contribution is 6.94. The molecule has 4 heteroatoms. The fourth-order valence-corrected chi connectivity index (χ4v) is 11.9. The molecule has 3 aromatic rings. The van der Waals surface area contributed by atoms with Gasteiger partial charge in [0.15, 0.2) is 0 Å². The first-order valence-electron chi connectivity index (χ1n) is 9.72. The molecule has 3 nitrogen and oxygen atoms in total. The fourth-order valence-electron chi connectivity index (χ4n) is 5.16. The second kappa shape index (κ2) is 6.99. The first-order valence-corrected chi connectivity index (χ1v) is 12.0. The molecule has 0 saturated heterocycles. The van der Waals surface area contributed by atoms with Gasteiger partial charge in [0.05, 0.1) is 5.52 Å². The highest BCUT2D eigenvalue weighted by Gasteiger charge is 2.46. The van der Waals surface area contributed by atoms with Gasteiger partial charge in [-0.05, 0) is 41.2 Å². The van der Waals surface area contributed by atoms with Gasteiger partial charge in [0, 0.05) is 10.9 Å². The summed E-state index contributed by atoms with van der Waals surface area (Å²) in [6.45, 7) is 16.5. The van der Waals surface area contributed by atoms with Gasteiger partial charge in [0.2, 0.25) is 0 Å². The van der Waals surface area contributed by atoms with Crippen molar-refractivity contribution in [3.8, 4) is 11.3 Å². The van der Waals surface area contributed by atoms with E-state index in [4.69, 9.17) is 0 Å². The van der Waals surface area contributed by atoms with Gasteiger partial charge in [0.25, 0.3) is 0 Å². The first kappa shape index (κ1) is 18.8. The van der Waals surface area contributed by atoms with Crippen LogP contribution in [0.1, 0.15) is 47.1 Å². The maximum atomic E-state index is 4.65. The van der Waals surface area contributed by atoms with Crippen LogP contribution in [0.15, 0.2) is 42.5 Å². The molecule has 0 N–H and O–H groups in total. The summed E-state index contributed by atoms with van der Waals surface area (Å²) in [5, 5.41) is 10.7. The van der Waals surface area contributed by atoms with Crippen LogP contribution in [0.5, 0.6) is 0 Å². The molecule has 2 aromatic heterocycles. The van der Waals surface area contributed by atoms with E-state index in [-0.39, 0.29) is 0 Å². The lowest BCUT2D eigenvalue weighted by atomic mass is 10.1. The lowest BCUT2D eigenvalue weighted by Crippen LogP contribution is -2.58. The molecule has 26 heavy (non-hydrogen) atoms. The van der Waals surface area contributed by atoms with Crippen molar-refractivity contribution >= 4 is 18.9 Å². The topological polar surface area (TPSA) is 30.2 Å². The van der Waals surface area contributed by atoms with Crippen LogP contribution in [0.2, 0.25) is 16.6 Å². The number of aryl methyl sites for hydroxylation is 1. The van der Waals surface area contributed by atoms with Gasteiger partial charge >= 0.3 is 0 Å². The largest absolute Gasteiger partial charge is 0.221 e. The molecule has 0 aliphatic carbocycles. The molecule has 0 unspecified atom stereocenters. The van der Waals surface area contributed by atoms with E-state index >= 15 is 0 Å². The first-order chi connectivity index (χ1) is 12.3. The number of aromatic nitrogens is 3. The summed E-state index contributed by atoms with van der Waals surface area (Å²) in [6, 6.07) is 15.1. The molecule has 0 fully saturated rings. The highest BCUT2D eigenvalue weighted by Crippen LogP contribution is 2.41. The molecule has 0 aliphatic rings. The minimum absolute atomic E-state index is 0.638. The molecule has 3 rings (SSSR count). The molecular formula is C22H31N3Si. The molecule has 0 atom stereocenters. The molecule has 0 spiro atoms. The van der Waals surface area contributed by atoms with Crippen molar-refractivity contribution in [3.05, 3.63) is 48.0 Å². The zero-order valence-corrected chi connectivity index (χ0v) is 18.1. The third-order valence-corrected chi connectivity index (χ3v) is 13.1. The third-order valence-electron chi connectivity index (χ3n) is 6.15. The molecule has 1 aromatic carbocycles. The number of pyridine rings is 1. The van der Waals surface area contributed by atoms with E-state index in [1.54, 1.807) is 0 Å². The average Bonchev–Trinajstić information content (AvgIpc) is 2.99. The second-order valence-corrected chi connectivity index (χ2v) is 14.2. The lowest BCUT2D eigenvalue weighted by Gasteiger charge is -2.43. The van der Waals surface area contributed by atoms with Crippen molar-refractivity contribution in [3.63, 3.8) is 0 Å². The second-order valence-electron chi connectivity index (χ2n) is 8.36. The van der Waals surface area contributed by atoms with Gasteiger partial charge in [0.1, 0.15) is 13.8 Å². The summed E-state index contributed by atoms with van der Waals surface area (Å²) in [4.78, 5) is 0. The van der Waals surface area contributed by atoms with Gasteiger partial charge in [-0.25, -0.2) is 4.52 Å². The average molecular weight is 366 g/mol. The monoisotopic (exact) mass is 365 g/mol. The Balaban J connectivity index is 2.31. The Kier molecular flexibility index (Phi) is 5.06. The molecule has 0 saturated carbocycles. The van der Waals surface area contributed by atoms with Crippen LogP contribution in [0.25, 0.3) is 16.8 Å². The van der Waals surface area contributed by atoms with Crippen molar-refractivity contribution in [2.75, 3.05) is 0 Å². The van der Waals surface area contributed by atoms with E-state index in [1.165, 1.54) is 16.4 Å². The predicted molar refractivity (Wildman–Crippen MR) is 114 cm³/mol. The van der Waals surface area contributed by atoms with E-state index < -0.39 is 8.07 Å². The van der Waals surface area contributed by atoms with Crippen molar-refractivity contribution in [1.29, 1.82) is 0 Å². The molecule has 138 valence electrons. The molecule has 0 radical (unpaired) electrons. The van der Waals surface area contributed by atoms with Gasteiger partial charge in [-0.15, -0.1) is 5.10 Å². The van der Waals surface area contributed by atoms with Crippen molar-refractivity contribution in [1.82, 2.24) is 14.8 Å². The van der Waals surface area contributed by atoms with Gasteiger partial charge in [-0.3, -0.25) is 0 Å². The van der Waals surface area contributed by atoms with Crippen LogP contribution in [-0.4, -0.2) is 22.9 Å². The van der Waals surface area contributed by atoms with E-state index in [0.717, 1.165) is 11.2 Å². The van der Waals surface area contributed by atoms with Crippen LogP contribution in [0.3, 0.4) is 0 Å². The van der Waals surface area contributed by atoms with Gasteiger partial charge < -0.3 is 0 Å². The molecule has 0 bridgehead atoms.